The third-order valence-corrected chi connectivity index (χ3v) is 3.34. The minimum atomic E-state index is 0.513. The number of aryl methyl sites for hydroxylation is 1. The van der Waals surface area contributed by atoms with Gasteiger partial charge in [0.25, 0.3) is 0 Å². The van der Waals surface area contributed by atoms with Crippen molar-refractivity contribution in [2.24, 2.45) is 0 Å². The molecule has 0 aromatic carbocycles. The largest absolute Gasteiger partial charge is 0.357 e. The molecule has 0 radical (unpaired) electrons. The highest BCUT2D eigenvalue weighted by atomic mass is 15.2. The first-order valence-electron chi connectivity index (χ1n) is 8.08. The summed E-state index contributed by atoms with van der Waals surface area (Å²) in [5, 5.41) is 3.50. The van der Waals surface area contributed by atoms with Crippen molar-refractivity contribution < 1.29 is 0 Å². The lowest BCUT2D eigenvalue weighted by Gasteiger charge is -2.23. The van der Waals surface area contributed by atoms with Crippen LogP contribution in [0.15, 0.2) is 12.1 Å². The molecule has 0 bridgehead atoms. The van der Waals surface area contributed by atoms with Crippen molar-refractivity contribution in [1.82, 2.24) is 10.3 Å². The topological polar surface area (TPSA) is 28.2 Å². The van der Waals surface area contributed by atoms with E-state index in [2.05, 4.69) is 57.0 Å². The SMILES string of the molecule is CCCc1cc(CNC(C)C)cc(N(CC)CCC)n1. The quantitative estimate of drug-likeness (QED) is 0.745. The van der Waals surface area contributed by atoms with E-state index in [-0.39, 0.29) is 0 Å². The van der Waals surface area contributed by atoms with Gasteiger partial charge in [0.15, 0.2) is 0 Å². The van der Waals surface area contributed by atoms with Crippen LogP contribution in [0.1, 0.15) is 58.7 Å². The summed E-state index contributed by atoms with van der Waals surface area (Å²) < 4.78 is 0. The fraction of sp³-hybridized carbons (Fsp3) is 0.706. The highest BCUT2D eigenvalue weighted by molar-refractivity contribution is 5.42. The average Bonchev–Trinajstić information content (AvgIpc) is 2.42. The predicted molar refractivity (Wildman–Crippen MR) is 88.4 cm³/mol. The molecular weight excluding hydrogens is 246 g/mol. The molecule has 1 aromatic rings. The van der Waals surface area contributed by atoms with Crippen LogP contribution in [-0.2, 0) is 13.0 Å². The van der Waals surface area contributed by atoms with E-state index in [1.165, 1.54) is 11.3 Å². The maximum atomic E-state index is 4.84. The van der Waals surface area contributed by atoms with Crippen molar-refractivity contribution in [3.05, 3.63) is 23.4 Å². The van der Waals surface area contributed by atoms with E-state index in [4.69, 9.17) is 4.98 Å². The van der Waals surface area contributed by atoms with E-state index in [0.29, 0.717) is 6.04 Å². The second-order valence-corrected chi connectivity index (χ2v) is 5.69. The summed E-state index contributed by atoms with van der Waals surface area (Å²) in [6, 6.07) is 5.01. The van der Waals surface area contributed by atoms with Gasteiger partial charge in [-0.25, -0.2) is 4.98 Å². The summed E-state index contributed by atoms with van der Waals surface area (Å²) in [5.74, 6) is 1.14. The fourth-order valence-electron chi connectivity index (χ4n) is 2.31. The number of nitrogens with zero attached hydrogens (tertiary/aromatic N) is 2. The second-order valence-electron chi connectivity index (χ2n) is 5.69. The first-order chi connectivity index (χ1) is 9.60. The molecule has 3 nitrogen and oxygen atoms in total. The van der Waals surface area contributed by atoms with E-state index < -0.39 is 0 Å². The Hall–Kier alpha value is -1.09. The van der Waals surface area contributed by atoms with Gasteiger partial charge in [-0.3, -0.25) is 0 Å². The molecule has 0 aliphatic heterocycles. The van der Waals surface area contributed by atoms with Gasteiger partial charge in [-0.1, -0.05) is 34.1 Å². The molecule has 0 amide bonds. The molecule has 0 aliphatic rings. The molecule has 0 saturated heterocycles. The van der Waals surface area contributed by atoms with Crippen LogP contribution in [0.5, 0.6) is 0 Å². The predicted octanol–water partition coefficient (Wildman–Crippen LogP) is 3.77. The Labute approximate surface area is 124 Å². The van der Waals surface area contributed by atoms with Crippen molar-refractivity contribution in [2.45, 2.75) is 66.5 Å². The molecule has 1 heterocycles. The van der Waals surface area contributed by atoms with Crippen LogP contribution >= 0.6 is 0 Å². The summed E-state index contributed by atoms with van der Waals surface area (Å²) in [6.07, 6.45) is 3.37. The standard InChI is InChI=1S/C17H31N3/c1-6-9-16-11-15(13-18-14(4)5)12-17(19-16)20(8-3)10-7-2/h11-12,14,18H,6-10,13H2,1-5H3. The zero-order valence-corrected chi connectivity index (χ0v) is 13.9. The van der Waals surface area contributed by atoms with Gasteiger partial charge in [0.05, 0.1) is 0 Å². The molecule has 0 atom stereocenters. The Balaban J connectivity index is 2.96. The highest BCUT2D eigenvalue weighted by Crippen LogP contribution is 2.17. The number of hydrogen-bond acceptors (Lipinski definition) is 3. The van der Waals surface area contributed by atoms with Crippen LogP contribution in [0.3, 0.4) is 0 Å². The average molecular weight is 277 g/mol. The zero-order valence-electron chi connectivity index (χ0n) is 13.9. The molecule has 0 saturated carbocycles. The molecule has 3 heteroatoms. The number of hydrogen-bond donors (Lipinski definition) is 1. The van der Waals surface area contributed by atoms with Crippen molar-refractivity contribution >= 4 is 5.82 Å². The Bertz CT molecular complexity index is 388. The second kappa shape index (κ2) is 8.96. The minimum absolute atomic E-state index is 0.513. The van der Waals surface area contributed by atoms with Crippen molar-refractivity contribution in [1.29, 1.82) is 0 Å². The molecule has 0 aliphatic carbocycles. The molecule has 0 fully saturated rings. The normalized spacial score (nSPS) is 11.1. The van der Waals surface area contributed by atoms with Gasteiger partial charge in [0.1, 0.15) is 5.82 Å². The Morgan fingerprint density at radius 1 is 1.15 bits per heavy atom. The fourth-order valence-corrected chi connectivity index (χ4v) is 2.31. The van der Waals surface area contributed by atoms with E-state index >= 15 is 0 Å². The van der Waals surface area contributed by atoms with Crippen LogP contribution in [0.2, 0.25) is 0 Å². The maximum absolute atomic E-state index is 4.84. The lowest BCUT2D eigenvalue weighted by Crippen LogP contribution is -2.26. The highest BCUT2D eigenvalue weighted by Gasteiger charge is 2.09. The first kappa shape index (κ1) is 17.0. The lowest BCUT2D eigenvalue weighted by molar-refractivity contribution is 0.587. The van der Waals surface area contributed by atoms with E-state index in [1.54, 1.807) is 0 Å². The number of aromatic nitrogens is 1. The van der Waals surface area contributed by atoms with E-state index in [9.17, 15) is 0 Å². The molecule has 1 aromatic heterocycles. The van der Waals surface area contributed by atoms with Gasteiger partial charge in [0, 0.05) is 31.4 Å². The van der Waals surface area contributed by atoms with Crippen LogP contribution in [0.4, 0.5) is 5.82 Å². The van der Waals surface area contributed by atoms with Crippen LogP contribution < -0.4 is 10.2 Å². The molecule has 20 heavy (non-hydrogen) atoms. The lowest BCUT2D eigenvalue weighted by atomic mass is 10.1. The minimum Gasteiger partial charge on any atom is -0.357 e. The maximum Gasteiger partial charge on any atom is 0.129 e. The van der Waals surface area contributed by atoms with Gasteiger partial charge in [-0.15, -0.1) is 0 Å². The molecule has 1 N–H and O–H groups in total. The van der Waals surface area contributed by atoms with Gasteiger partial charge in [-0.2, -0.15) is 0 Å². The molecule has 1 rings (SSSR count). The summed E-state index contributed by atoms with van der Waals surface area (Å²) in [7, 11) is 0. The Morgan fingerprint density at radius 3 is 2.45 bits per heavy atom. The molecule has 114 valence electrons. The van der Waals surface area contributed by atoms with Gasteiger partial charge in [-0.05, 0) is 37.5 Å². The van der Waals surface area contributed by atoms with Crippen LogP contribution in [-0.4, -0.2) is 24.1 Å². The Morgan fingerprint density at radius 2 is 1.90 bits per heavy atom. The molecule has 0 unspecified atom stereocenters. The summed E-state index contributed by atoms with van der Waals surface area (Å²) >= 11 is 0. The van der Waals surface area contributed by atoms with Crippen molar-refractivity contribution in [3.63, 3.8) is 0 Å². The Kier molecular flexibility index (Phi) is 7.60. The third-order valence-electron chi connectivity index (χ3n) is 3.34. The smallest absolute Gasteiger partial charge is 0.129 e. The summed E-state index contributed by atoms with van der Waals surface area (Å²) in [6.45, 7) is 14.0. The van der Waals surface area contributed by atoms with Gasteiger partial charge in [0.2, 0.25) is 0 Å². The number of anilines is 1. The number of pyridine rings is 1. The summed E-state index contributed by atoms with van der Waals surface area (Å²) in [5.41, 5.74) is 2.57. The monoisotopic (exact) mass is 277 g/mol. The van der Waals surface area contributed by atoms with Crippen molar-refractivity contribution in [2.75, 3.05) is 18.0 Å². The summed E-state index contributed by atoms with van der Waals surface area (Å²) in [4.78, 5) is 7.21. The van der Waals surface area contributed by atoms with Crippen molar-refractivity contribution in [3.8, 4) is 0 Å². The van der Waals surface area contributed by atoms with Crippen LogP contribution in [0.25, 0.3) is 0 Å². The van der Waals surface area contributed by atoms with E-state index in [0.717, 1.165) is 44.7 Å². The van der Waals surface area contributed by atoms with Gasteiger partial charge >= 0.3 is 0 Å². The third kappa shape index (κ3) is 5.49. The number of nitrogens with one attached hydrogen (secondary N) is 1. The van der Waals surface area contributed by atoms with Gasteiger partial charge < -0.3 is 10.2 Å². The molecular formula is C17H31N3. The zero-order chi connectivity index (χ0) is 15.0. The molecule has 0 spiro atoms. The van der Waals surface area contributed by atoms with Crippen LogP contribution in [0, 0.1) is 0 Å². The first-order valence-corrected chi connectivity index (χ1v) is 8.08. The van der Waals surface area contributed by atoms with E-state index in [1.807, 2.05) is 0 Å². The number of rotatable bonds is 9.